The van der Waals surface area contributed by atoms with Crippen molar-refractivity contribution in [2.24, 2.45) is 15.0 Å². The molecule has 6 aromatic carbocycles. The Morgan fingerprint density at radius 2 is 1.09 bits per heavy atom. The SMILES string of the molecule is C=N/C(=N\C(=N/Cc1ccccc1)c1ccc2c(c1)oc1ccc(-c3ccc4oc5ccccc5c4c3)cc12)c1ccccc1. The first-order chi connectivity index (χ1) is 22.2. The summed E-state index contributed by atoms with van der Waals surface area (Å²) < 4.78 is 12.4. The van der Waals surface area contributed by atoms with E-state index in [4.69, 9.17) is 18.8 Å². The average molecular weight is 582 g/mol. The summed E-state index contributed by atoms with van der Waals surface area (Å²) in [5, 5.41) is 4.31. The van der Waals surface area contributed by atoms with Crippen molar-refractivity contribution in [3.05, 3.63) is 156 Å². The zero-order chi connectivity index (χ0) is 30.2. The second-order valence-corrected chi connectivity index (χ2v) is 10.9. The third-order valence-electron chi connectivity index (χ3n) is 8.09. The number of nitrogens with zero attached hydrogens (tertiary/aromatic N) is 3. The van der Waals surface area contributed by atoms with Gasteiger partial charge in [0.1, 0.15) is 22.3 Å². The highest BCUT2D eigenvalue weighted by Crippen LogP contribution is 2.36. The molecule has 0 radical (unpaired) electrons. The Morgan fingerprint density at radius 3 is 1.80 bits per heavy atom. The Balaban J connectivity index is 1.21. The van der Waals surface area contributed by atoms with Crippen LogP contribution in [0.5, 0.6) is 0 Å². The standard InChI is InChI=1S/C40H27N3O2/c1-41-39(27-12-6-3-7-13-27)43-40(42-25-26-10-4-2-5-11-26)30-16-19-32-34-23-29(18-21-37(34)45-38(32)24-30)28-17-20-36-33(22-28)31-14-8-9-15-35(31)44-36/h2-24H,1,25H2/b42-40-,43-39-. The van der Waals surface area contributed by atoms with Crippen LogP contribution >= 0.6 is 0 Å². The summed E-state index contributed by atoms with van der Waals surface area (Å²) in [6, 6.07) is 47.0. The van der Waals surface area contributed by atoms with Crippen LogP contribution in [0.2, 0.25) is 0 Å². The smallest absolute Gasteiger partial charge is 0.161 e. The first-order valence-electron chi connectivity index (χ1n) is 14.8. The third-order valence-corrected chi connectivity index (χ3v) is 8.09. The van der Waals surface area contributed by atoms with Gasteiger partial charge in [-0.05, 0) is 65.9 Å². The predicted octanol–water partition coefficient (Wildman–Crippen LogP) is 10.2. The number of hydrogen-bond acceptors (Lipinski definition) is 3. The van der Waals surface area contributed by atoms with Crippen LogP contribution in [0, 0.1) is 0 Å². The molecular formula is C40H27N3O2. The lowest BCUT2D eigenvalue weighted by Crippen LogP contribution is -2.05. The predicted molar refractivity (Wildman–Crippen MR) is 186 cm³/mol. The van der Waals surface area contributed by atoms with Crippen molar-refractivity contribution in [1.29, 1.82) is 0 Å². The summed E-state index contributed by atoms with van der Waals surface area (Å²) in [6.45, 7) is 4.27. The normalized spacial score (nSPS) is 12.4. The van der Waals surface area contributed by atoms with E-state index < -0.39 is 0 Å². The van der Waals surface area contributed by atoms with Gasteiger partial charge in [0, 0.05) is 32.7 Å². The van der Waals surface area contributed by atoms with Gasteiger partial charge in [0.15, 0.2) is 11.7 Å². The Bertz CT molecular complexity index is 2420. The van der Waals surface area contributed by atoms with Crippen LogP contribution in [0.25, 0.3) is 55.0 Å². The van der Waals surface area contributed by atoms with E-state index in [0.29, 0.717) is 18.2 Å². The molecule has 0 fully saturated rings. The number of furan rings is 2. The number of fused-ring (bicyclic) bond motifs is 6. The molecule has 214 valence electrons. The van der Waals surface area contributed by atoms with E-state index in [1.807, 2.05) is 91.0 Å². The highest BCUT2D eigenvalue weighted by Gasteiger charge is 2.14. The van der Waals surface area contributed by atoms with Crippen LogP contribution in [0.3, 0.4) is 0 Å². The molecule has 0 N–H and O–H groups in total. The molecular weight excluding hydrogens is 554 g/mol. The third kappa shape index (κ3) is 5.00. The van der Waals surface area contributed by atoms with Crippen LogP contribution < -0.4 is 0 Å². The quantitative estimate of drug-likeness (QED) is 0.150. The lowest BCUT2D eigenvalue weighted by molar-refractivity contribution is 0.668. The Hall–Kier alpha value is -6.07. The lowest BCUT2D eigenvalue weighted by atomic mass is 10.0. The van der Waals surface area contributed by atoms with Crippen molar-refractivity contribution < 1.29 is 8.83 Å². The molecule has 0 amide bonds. The first kappa shape index (κ1) is 26.5. The van der Waals surface area contributed by atoms with E-state index in [1.165, 1.54) is 0 Å². The molecule has 5 nitrogen and oxygen atoms in total. The van der Waals surface area contributed by atoms with E-state index >= 15 is 0 Å². The summed E-state index contributed by atoms with van der Waals surface area (Å²) in [4.78, 5) is 14.1. The van der Waals surface area contributed by atoms with Crippen LogP contribution in [-0.4, -0.2) is 18.4 Å². The van der Waals surface area contributed by atoms with Crippen LogP contribution in [0.4, 0.5) is 0 Å². The number of amidine groups is 2. The van der Waals surface area contributed by atoms with Crippen LogP contribution in [0.1, 0.15) is 16.7 Å². The fourth-order valence-electron chi connectivity index (χ4n) is 5.82. The Labute approximate surface area is 259 Å². The van der Waals surface area contributed by atoms with Crippen molar-refractivity contribution in [3.63, 3.8) is 0 Å². The Morgan fingerprint density at radius 1 is 0.489 bits per heavy atom. The van der Waals surface area contributed by atoms with Crippen molar-refractivity contribution >= 4 is 62.3 Å². The summed E-state index contributed by atoms with van der Waals surface area (Å²) in [6.07, 6.45) is 0. The molecule has 0 unspecified atom stereocenters. The fourth-order valence-corrected chi connectivity index (χ4v) is 5.82. The molecule has 2 aromatic heterocycles. The van der Waals surface area contributed by atoms with Gasteiger partial charge < -0.3 is 8.83 Å². The molecule has 8 aromatic rings. The number of rotatable bonds is 5. The van der Waals surface area contributed by atoms with E-state index in [0.717, 1.165) is 71.7 Å². The number of para-hydroxylation sites is 1. The molecule has 5 heteroatoms. The van der Waals surface area contributed by atoms with Gasteiger partial charge in [-0.3, -0.25) is 4.99 Å². The molecule has 0 atom stereocenters. The van der Waals surface area contributed by atoms with Crippen molar-refractivity contribution in [3.8, 4) is 11.1 Å². The maximum absolute atomic E-state index is 6.37. The maximum atomic E-state index is 6.37. The van der Waals surface area contributed by atoms with Crippen molar-refractivity contribution in [1.82, 2.24) is 0 Å². The van der Waals surface area contributed by atoms with Gasteiger partial charge in [0.05, 0.1) is 6.54 Å². The van der Waals surface area contributed by atoms with E-state index in [-0.39, 0.29) is 0 Å². The molecule has 0 saturated carbocycles. The topological polar surface area (TPSA) is 63.4 Å². The monoisotopic (exact) mass is 581 g/mol. The van der Waals surface area contributed by atoms with Gasteiger partial charge in [0.25, 0.3) is 0 Å². The van der Waals surface area contributed by atoms with Gasteiger partial charge >= 0.3 is 0 Å². The molecule has 45 heavy (non-hydrogen) atoms. The average Bonchev–Trinajstić information content (AvgIpc) is 3.66. The minimum absolute atomic E-state index is 0.483. The van der Waals surface area contributed by atoms with Gasteiger partial charge in [-0.15, -0.1) is 0 Å². The molecule has 0 aliphatic heterocycles. The van der Waals surface area contributed by atoms with Gasteiger partial charge in [-0.2, -0.15) is 0 Å². The molecule has 0 bridgehead atoms. The highest BCUT2D eigenvalue weighted by molar-refractivity contribution is 6.15. The molecule has 2 heterocycles. The van der Waals surface area contributed by atoms with E-state index in [1.54, 1.807) is 0 Å². The van der Waals surface area contributed by atoms with Gasteiger partial charge in [0.2, 0.25) is 0 Å². The molecule has 0 aliphatic rings. The molecule has 0 saturated heterocycles. The van der Waals surface area contributed by atoms with Crippen molar-refractivity contribution in [2.45, 2.75) is 6.54 Å². The Kier molecular flexibility index (Phi) is 6.61. The number of benzene rings is 6. The number of aliphatic imine (C=N–C) groups is 3. The first-order valence-corrected chi connectivity index (χ1v) is 14.8. The fraction of sp³-hybridized carbons (Fsp3) is 0.0250. The van der Waals surface area contributed by atoms with E-state index in [2.05, 4.69) is 60.2 Å². The zero-order valence-electron chi connectivity index (χ0n) is 24.4. The highest BCUT2D eigenvalue weighted by atomic mass is 16.3. The van der Waals surface area contributed by atoms with Gasteiger partial charge in [-0.1, -0.05) is 97.1 Å². The van der Waals surface area contributed by atoms with E-state index in [9.17, 15) is 0 Å². The lowest BCUT2D eigenvalue weighted by Gasteiger charge is -2.06. The molecule has 0 aliphatic carbocycles. The minimum atomic E-state index is 0.483. The minimum Gasteiger partial charge on any atom is -0.456 e. The maximum Gasteiger partial charge on any atom is 0.161 e. The second-order valence-electron chi connectivity index (χ2n) is 10.9. The summed E-state index contributed by atoms with van der Waals surface area (Å²) in [5.41, 5.74) is 8.42. The molecule has 0 spiro atoms. The second kappa shape index (κ2) is 11.2. The summed E-state index contributed by atoms with van der Waals surface area (Å²) in [7, 11) is 0. The number of hydrogen-bond donors (Lipinski definition) is 0. The van der Waals surface area contributed by atoms with Crippen molar-refractivity contribution in [2.75, 3.05) is 0 Å². The van der Waals surface area contributed by atoms with Gasteiger partial charge in [-0.25, -0.2) is 9.98 Å². The largest absolute Gasteiger partial charge is 0.456 e. The summed E-state index contributed by atoms with van der Waals surface area (Å²) in [5.74, 6) is 1.08. The summed E-state index contributed by atoms with van der Waals surface area (Å²) >= 11 is 0. The molecule has 8 rings (SSSR count). The zero-order valence-corrected chi connectivity index (χ0v) is 24.4. The van der Waals surface area contributed by atoms with Crippen LogP contribution in [-0.2, 0) is 6.54 Å². The van der Waals surface area contributed by atoms with Crippen LogP contribution in [0.15, 0.2) is 163 Å².